The average Bonchev–Trinajstić information content (AvgIpc) is 3.05. The lowest BCUT2D eigenvalue weighted by Gasteiger charge is -2.14. The minimum atomic E-state index is -0.0881. The molecule has 0 aliphatic rings. The molecule has 0 N–H and O–H groups in total. The molecule has 0 aromatic carbocycles. The highest BCUT2D eigenvalue weighted by atomic mass is 33.5. The highest BCUT2D eigenvalue weighted by Gasteiger charge is 2.10. The standard InChI is InChI=1S/C20H41NO2S3.C6H14.C3H9N.3C3H8.C2H6O.C2H6S/c1-5-6-7-8-9-10-11-12-13-14-17-24-26-25-18-19(2)23-20(22)15-16-21(3)4;1-3-5-6-4-2;1-4(2)3;5*1-3-2/h19H,5-18H2,1-4H3;3-6H2,1-2H3;1-3H3;3*3H2,1-2H3;2*1-2H3. The number of methoxy groups -OCH3 is 1. The summed E-state index contributed by atoms with van der Waals surface area (Å²) in [5.74, 6) is 2.00. The van der Waals surface area contributed by atoms with Gasteiger partial charge in [-0.2, -0.15) is 11.8 Å². The molecule has 0 bridgehead atoms. The van der Waals surface area contributed by atoms with Gasteiger partial charge in [0.2, 0.25) is 0 Å². The number of carbonyl (C=O) groups excluding carboxylic acids is 1. The molecular formula is C42H100N2O3S4. The minimum Gasteiger partial charge on any atom is -0.462 e. The van der Waals surface area contributed by atoms with Crippen LogP contribution in [0.15, 0.2) is 0 Å². The lowest BCUT2D eigenvalue weighted by molar-refractivity contribution is -0.147. The molecule has 0 radical (unpaired) electrons. The first-order chi connectivity index (χ1) is 24.3. The maximum absolute atomic E-state index is 11.6. The van der Waals surface area contributed by atoms with Crippen LogP contribution in [0, 0.1) is 0 Å². The molecule has 9 heteroatoms. The van der Waals surface area contributed by atoms with E-state index < -0.39 is 0 Å². The Bertz CT molecular complexity index is 475. The second kappa shape index (κ2) is 79.5. The van der Waals surface area contributed by atoms with Crippen LogP contribution in [0.2, 0.25) is 0 Å². The highest BCUT2D eigenvalue weighted by molar-refractivity contribution is 9.09. The van der Waals surface area contributed by atoms with Crippen LogP contribution in [0.5, 0.6) is 0 Å². The molecule has 0 heterocycles. The molecule has 0 amide bonds. The molecule has 0 aromatic heterocycles. The monoisotopic (exact) mass is 809 g/mol. The summed E-state index contributed by atoms with van der Waals surface area (Å²) in [6, 6.07) is 0. The Labute approximate surface area is 342 Å². The molecule has 1 atom stereocenters. The van der Waals surface area contributed by atoms with Crippen molar-refractivity contribution in [1.82, 2.24) is 9.80 Å². The van der Waals surface area contributed by atoms with Gasteiger partial charge in [-0.25, -0.2) is 0 Å². The van der Waals surface area contributed by atoms with Crippen molar-refractivity contribution in [3.63, 3.8) is 0 Å². The highest BCUT2D eigenvalue weighted by Crippen LogP contribution is 2.35. The minimum absolute atomic E-state index is 0.0000820. The van der Waals surface area contributed by atoms with Crippen molar-refractivity contribution in [1.29, 1.82) is 0 Å². The third-order valence-corrected chi connectivity index (χ3v) is 9.50. The maximum Gasteiger partial charge on any atom is 0.307 e. The third-order valence-electron chi connectivity index (χ3n) is 5.03. The van der Waals surface area contributed by atoms with Crippen LogP contribution in [-0.4, -0.2) is 102 Å². The number of ether oxygens (including phenoxy) is 2. The molecule has 320 valence electrons. The summed E-state index contributed by atoms with van der Waals surface area (Å²) in [6.45, 7) is 22.2. The summed E-state index contributed by atoms with van der Waals surface area (Å²) in [5, 5.41) is 0. The Kier molecular flexibility index (Phi) is 109. The van der Waals surface area contributed by atoms with E-state index in [0.29, 0.717) is 6.42 Å². The second-order valence-corrected chi connectivity index (χ2v) is 18.4. The van der Waals surface area contributed by atoms with Gasteiger partial charge in [-0.05, 0) is 70.9 Å². The summed E-state index contributed by atoms with van der Waals surface area (Å²) in [5.41, 5.74) is 0. The number of nitrogens with zero attached hydrogens (tertiary/aromatic N) is 2. The first-order valence-corrected chi connectivity index (χ1v) is 25.9. The zero-order chi connectivity index (χ0) is 41.4. The van der Waals surface area contributed by atoms with Gasteiger partial charge in [0.05, 0.1) is 6.42 Å². The molecule has 51 heavy (non-hydrogen) atoms. The number of rotatable bonds is 22. The van der Waals surface area contributed by atoms with E-state index >= 15 is 0 Å². The predicted octanol–water partition coefficient (Wildman–Crippen LogP) is 15.1. The van der Waals surface area contributed by atoms with Crippen LogP contribution in [0.3, 0.4) is 0 Å². The van der Waals surface area contributed by atoms with E-state index in [1.54, 1.807) is 36.8 Å². The molecular weight excluding hydrogens is 709 g/mol. The molecule has 0 aliphatic heterocycles. The van der Waals surface area contributed by atoms with Gasteiger partial charge in [-0.1, -0.05) is 187 Å². The molecule has 1 unspecified atom stereocenters. The SMILES string of the molecule is CCC.CCC.CCC.CCCCCC.CCCCCCCCCCCCSSSCC(C)OC(=O)CCN(C)C.CN(C)C.COC.CSC. The van der Waals surface area contributed by atoms with E-state index in [9.17, 15) is 4.79 Å². The topological polar surface area (TPSA) is 42.0 Å². The summed E-state index contributed by atoms with van der Waals surface area (Å²) < 4.78 is 9.66. The third kappa shape index (κ3) is 146. The zero-order valence-corrected chi connectivity index (χ0v) is 41.9. The predicted molar refractivity (Wildman–Crippen MR) is 253 cm³/mol. The fourth-order valence-electron chi connectivity index (χ4n) is 2.97. The van der Waals surface area contributed by atoms with Crippen molar-refractivity contribution >= 4 is 49.1 Å². The number of esters is 1. The van der Waals surface area contributed by atoms with Crippen LogP contribution in [-0.2, 0) is 14.3 Å². The Morgan fingerprint density at radius 3 is 1.20 bits per heavy atom. The summed E-state index contributed by atoms with van der Waals surface area (Å²) in [4.78, 5) is 15.6. The molecule has 0 saturated carbocycles. The molecule has 0 saturated heterocycles. The fourth-order valence-corrected chi connectivity index (χ4v) is 6.97. The van der Waals surface area contributed by atoms with Gasteiger partial charge < -0.3 is 19.3 Å². The van der Waals surface area contributed by atoms with Gasteiger partial charge in [-0.3, -0.25) is 4.79 Å². The van der Waals surface area contributed by atoms with Crippen molar-refractivity contribution in [2.24, 2.45) is 0 Å². The average molecular weight is 810 g/mol. The lowest BCUT2D eigenvalue weighted by Crippen LogP contribution is -2.22. The van der Waals surface area contributed by atoms with Gasteiger partial charge in [0, 0.05) is 32.3 Å². The summed E-state index contributed by atoms with van der Waals surface area (Å²) in [6.07, 6.45) is 27.8. The number of thioether (sulfide) groups is 1. The number of unbranched alkanes of at least 4 members (excludes halogenated alkanes) is 12. The molecule has 0 aliphatic carbocycles. The van der Waals surface area contributed by atoms with Gasteiger partial charge in [0.15, 0.2) is 0 Å². The van der Waals surface area contributed by atoms with Gasteiger partial charge in [-0.15, -0.1) is 0 Å². The van der Waals surface area contributed by atoms with Crippen LogP contribution >= 0.6 is 43.2 Å². The number of carbonyl (C=O) groups is 1. The summed E-state index contributed by atoms with van der Waals surface area (Å²) in [7, 11) is 18.8. The van der Waals surface area contributed by atoms with E-state index in [2.05, 4.69) is 67.1 Å². The van der Waals surface area contributed by atoms with Crippen LogP contribution < -0.4 is 0 Å². The van der Waals surface area contributed by atoms with Crippen molar-refractivity contribution < 1.29 is 14.3 Å². The quantitative estimate of drug-likeness (QED) is 0.0604. The van der Waals surface area contributed by atoms with Crippen molar-refractivity contribution in [3.8, 4) is 0 Å². The van der Waals surface area contributed by atoms with E-state index in [1.165, 1.54) is 115 Å². The van der Waals surface area contributed by atoms with E-state index in [-0.39, 0.29) is 12.1 Å². The second-order valence-electron chi connectivity index (χ2n) is 13.2. The van der Waals surface area contributed by atoms with E-state index in [4.69, 9.17) is 4.74 Å². The Morgan fingerprint density at radius 2 is 0.882 bits per heavy atom. The largest absolute Gasteiger partial charge is 0.462 e. The van der Waals surface area contributed by atoms with Gasteiger partial charge >= 0.3 is 5.97 Å². The van der Waals surface area contributed by atoms with E-state index in [0.717, 1.165) is 12.3 Å². The Balaban J connectivity index is -0.0000000991. The van der Waals surface area contributed by atoms with Gasteiger partial charge in [0.1, 0.15) is 6.10 Å². The normalized spacial score (nSPS) is 9.90. The first kappa shape index (κ1) is 69.6. The first-order valence-electron chi connectivity index (χ1n) is 20.4. The van der Waals surface area contributed by atoms with Crippen LogP contribution in [0.4, 0.5) is 0 Å². The number of hydrogen-bond donors (Lipinski definition) is 0. The molecule has 0 fully saturated rings. The van der Waals surface area contributed by atoms with Crippen molar-refractivity contribution in [2.75, 3.05) is 80.0 Å². The fraction of sp³-hybridized carbons (Fsp3) is 0.976. The van der Waals surface area contributed by atoms with E-state index in [1.807, 2.05) is 85.1 Å². The van der Waals surface area contributed by atoms with Crippen LogP contribution in [0.25, 0.3) is 0 Å². The molecule has 5 nitrogen and oxygen atoms in total. The Hall–Kier alpha value is 0.750. The molecule has 0 aromatic rings. The van der Waals surface area contributed by atoms with Crippen LogP contribution in [0.1, 0.15) is 185 Å². The summed E-state index contributed by atoms with van der Waals surface area (Å²) >= 11 is 1.75. The molecule has 0 spiro atoms. The zero-order valence-electron chi connectivity index (χ0n) is 38.7. The smallest absolute Gasteiger partial charge is 0.307 e. The van der Waals surface area contributed by atoms with Crippen molar-refractivity contribution in [2.45, 2.75) is 191 Å². The van der Waals surface area contributed by atoms with Crippen molar-refractivity contribution in [3.05, 3.63) is 0 Å². The maximum atomic E-state index is 11.6. The number of hydrogen-bond acceptors (Lipinski definition) is 9. The lowest BCUT2D eigenvalue weighted by atomic mass is 10.1. The molecule has 0 rings (SSSR count). The van der Waals surface area contributed by atoms with Gasteiger partial charge in [0.25, 0.3) is 0 Å². The Morgan fingerprint density at radius 1 is 0.588 bits per heavy atom.